The molecular formula is C13H24N2O3S. The Morgan fingerprint density at radius 1 is 1.42 bits per heavy atom. The number of nitrogens with zero attached hydrogens (tertiary/aromatic N) is 1. The van der Waals surface area contributed by atoms with Crippen molar-refractivity contribution in [3.05, 3.63) is 0 Å². The second-order valence-electron chi connectivity index (χ2n) is 5.16. The van der Waals surface area contributed by atoms with E-state index in [1.165, 1.54) is 0 Å². The monoisotopic (exact) mass is 288 g/mol. The highest BCUT2D eigenvalue weighted by Gasteiger charge is 2.24. The van der Waals surface area contributed by atoms with E-state index in [-0.39, 0.29) is 24.4 Å². The molecule has 0 aliphatic carbocycles. The van der Waals surface area contributed by atoms with Crippen molar-refractivity contribution >= 4 is 23.8 Å². The topological polar surface area (TPSA) is 69.6 Å². The van der Waals surface area contributed by atoms with E-state index in [2.05, 4.69) is 11.6 Å². The van der Waals surface area contributed by atoms with Crippen LogP contribution in [0.4, 0.5) is 4.79 Å². The molecule has 0 bridgehead atoms. The summed E-state index contributed by atoms with van der Waals surface area (Å²) in [7, 11) is 0. The standard InChI is InChI=1S/C13H24N2O3S/c1-10(5-8-19-2)14-13(18)15-6-3-11(4-7-15)9-12(16)17/h10-11H,3-9H2,1-2H3,(H,14,18)(H,16,17). The van der Waals surface area contributed by atoms with Gasteiger partial charge < -0.3 is 15.3 Å². The van der Waals surface area contributed by atoms with Crippen LogP contribution in [0.5, 0.6) is 0 Å². The van der Waals surface area contributed by atoms with Crippen LogP contribution in [-0.4, -0.2) is 53.1 Å². The van der Waals surface area contributed by atoms with Crippen molar-refractivity contribution in [3.63, 3.8) is 0 Å². The van der Waals surface area contributed by atoms with E-state index < -0.39 is 5.97 Å². The number of likely N-dealkylation sites (tertiary alicyclic amines) is 1. The maximum atomic E-state index is 12.0. The normalized spacial score (nSPS) is 18.1. The molecule has 0 aromatic carbocycles. The van der Waals surface area contributed by atoms with E-state index >= 15 is 0 Å². The maximum Gasteiger partial charge on any atom is 0.317 e. The number of carboxylic acids is 1. The van der Waals surface area contributed by atoms with Gasteiger partial charge in [0.25, 0.3) is 0 Å². The molecule has 0 saturated carbocycles. The number of nitrogens with one attached hydrogen (secondary N) is 1. The number of amides is 2. The third kappa shape index (κ3) is 6.18. The minimum Gasteiger partial charge on any atom is -0.481 e. The zero-order chi connectivity index (χ0) is 14.3. The lowest BCUT2D eigenvalue weighted by atomic mass is 9.94. The number of rotatable bonds is 6. The lowest BCUT2D eigenvalue weighted by Gasteiger charge is -2.32. The Morgan fingerprint density at radius 2 is 2.05 bits per heavy atom. The Kier molecular flexibility index (Phi) is 7.05. The van der Waals surface area contributed by atoms with Crippen LogP contribution >= 0.6 is 11.8 Å². The summed E-state index contributed by atoms with van der Waals surface area (Å²) < 4.78 is 0. The molecule has 0 aromatic heterocycles. The molecule has 110 valence electrons. The molecule has 19 heavy (non-hydrogen) atoms. The number of hydrogen-bond acceptors (Lipinski definition) is 3. The largest absolute Gasteiger partial charge is 0.481 e. The second-order valence-corrected chi connectivity index (χ2v) is 6.15. The number of piperidine rings is 1. The van der Waals surface area contributed by atoms with E-state index in [0.29, 0.717) is 13.1 Å². The average Bonchev–Trinajstić information content (AvgIpc) is 2.36. The van der Waals surface area contributed by atoms with Gasteiger partial charge in [-0.25, -0.2) is 4.79 Å². The molecule has 0 radical (unpaired) electrons. The van der Waals surface area contributed by atoms with Gasteiger partial charge in [0.05, 0.1) is 0 Å². The summed E-state index contributed by atoms with van der Waals surface area (Å²) in [5.41, 5.74) is 0. The quantitative estimate of drug-likeness (QED) is 0.784. The summed E-state index contributed by atoms with van der Waals surface area (Å²) in [5, 5.41) is 11.7. The Balaban J connectivity index is 2.26. The van der Waals surface area contributed by atoms with Gasteiger partial charge in [-0.3, -0.25) is 4.79 Å². The number of hydrogen-bond donors (Lipinski definition) is 2. The van der Waals surface area contributed by atoms with Crippen molar-refractivity contribution in [3.8, 4) is 0 Å². The van der Waals surface area contributed by atoms with Gasteiger partial charge in [0, 0.05) is 25.6 Å². The van der Waals surface area contributed by atoms with Crippen molar-refractivity contribution in [2.24, 2.45) is 5.92 Å². The Bertz CT molecular complexity index is 304. The number of carboxylic acid groups (broad SMARTS) is 1. The first kappa shape index (κ1) is 16.1. The van der Waals surface area contributed by atoms with Crippen molar-refractivity contribution in [1.82, 2.24) is 10.2 Å². The Hall–Kier alpha value is -0.910. The number of aliphatic carboxylic acids is 1. The molecule has 1 unspecified atom stereocenters. The Morgan fingerprint density at radius 3 is 2.58 bits per heavy atom. The highest BCUT2D eigenvalue weighted by molar-refractivity contribution is 7.98. The van der Waals surface area contributed by atoms with Crippen LogP contribution in [0.2, 0.25) is 0 Å². The molecule has 1 aliphatic heterocycles. The van der Waals surface area contributed by atoms with Gasteiger partial charge in [0.15, 0.2) is 0 Å². The average molecular weight is 288 g/mol. The van der Waals surface area contributed by atoms with Gasteiger partial charge in [-0.15, -0.1) is 0 Å². The number of thioether (sulfide) groups is 1. The summed E-state index contributed by atoms with van der Waals surface area (Å²) in [6.07, 6.45) is 4.83. The van der Waals surface area contributed by atoms with Crippen LogP contribution in [-0.2, 0) is 4.79 Å². The van der Waals surface area contributed by atoms with Crippen LogP contribution in [0.3, 0.4) is 0 Å². The fraction of sp³-hybridized carbons (Fsp3) is 0.846. The molecule has 0 aromatic rings. The second kappa shape index (κ2) is 8.30. The molecule has 1 heterocycles. The molecule has 5 nitrogen and oxygen atoms in total. The van der Waals surface area contributed by atoms with Gasteiger partial charge in [0.2, 0.25) is 0 Å². The van der Waals surface area contributed by atoms with Gasteiger partial charge >= 0.3 is 12.0 Å². The zero-order valence-corrected chi connectivity index (χ0v) is 12.5. The highest BCUT2D eigenvalue weighted by Crippen LogP contribution is 2.20. The van der Waals surface area contributed by atoms with E-state index in [1.54, 1.807) is 16.7 Å². The Labute approximate surface area is 119 Å². The van der Waals surface area contributed by atoms with Crippen LogP contribution in [0.15, 0.2) is 0 Å². The minimum atomic E-state index is -0.742. The number of carbonyl (C=O) groups is 2. The van der Waals surface area contributed by atoms with Gasteiger partial charge in [-0.1, -0.05) is 0 Å². The molecule has 6 heteroatoms. The first-order valence-electron chi connectivity index (χ1n) is 6.79. The van der Waals surface area contributed by atoms with Crippen LogP contribution < -0.4 is 5.32 Å². The fourth-order valence-corrected chi connectivity index (χ4v) is 2.85. The smallest absolute Gasteiger partial charge is 0.317 e. The zero-order valence-electron chi connectivity index (χ0n) is 11.7. The van der Waals surface area contributed by atoms with E-state index in [9.17, 15) is 9.59 Å². The predicted molar refractivity (Wildman–Crippen MR) is 77.5 cm³/mol. The number of urea groups is 1. The third-order valence-corrected chi connectivity index (χ3v) is 4.13. The summed E-state index contributed by atoms with van der Waals surface area (Å²) in [4.78, 5) is 24.4. The number of carbonyl (C=O) groups excluding carboxylic acids is 1. The molecule has 1 aliphatic rings. The van der Waals surface area contributed by atoms with Gasteiger partial charge in [0.1, 0.15) is 0 Å². The molecule has 2 N–H and O–H groups in total. The molecular weight excluding hydrogens is 264 g/mol. The van der Waals surface area contributed by atoms with E-state index in [1.807, 2.05) is 6.92 Å². The summed E-state index contributed by atoms with van der Waals surface area (Å²) >= 11 is 1.78. The molecule has 1 rings (SSSR count). The SMILES string of the molecule is CSCCC(C)NC(=O)N1CCC(CC(=O)O)CC1. The molecule has 1 atom stereocenters. The van der Waals surface area contributed by atoms with Crippen LogP contribution in [0.25, 0.3) is 0 Å². The van der Waals surface area contributed by atoms with Crippen LogP contribution in [0, 0.1) is 5.92 Å². The minimum absolute atomic E-state index is 0.0117. The molecule has 2 amide bonds. The lowest BCUT2D eigenvalue weighted by Crippen LogP contribution is -2.47. The van der Waals surface area contributed by atoms with Gasteiger partial charge in [-0.05, 0) is 44.1 Å². The van der Waals surface area contributed by atoms with E-state index in [4.69, 9.17) is 5.11 Å². The highest BCUT2D eigenvalue weighted by atomic mass is 32.2. The van der Waals surface area contributed by atoms with Crippen molar-refractivity contribution in [2.45, 2.75) is 38.6 Å². The molecule has 0 spiro atoms. The van der Waals surface area contributed by atoms with E-state index in [0.717, 1.165) is 25.0 Å². The van der Waals surface area contributed by atoms with Gasteiger partial charge in [-0.2, -0.15) is 11.8 Å². The fourth-order valence-electron chi connectivity index (χ4n) is 2.26. The third-order valence-electron chi connectivity index (χ3n) is 3.49. The van der Waals surface area contributed by atoms with Crippen molar-refractivity contribution < 1.29 is 14.7 Å². The summed E-state index contributed by atoms with van der Waals surface area (Å²) in [5.74, 6) is 0.520. The maximum absolute atomic E-state index is 12.0. The lowest BCUT2D eigenvalue weighted by molar-refractivity contribution is -0.138. The summed E-state index contributed by atoms with van der Waals surface area (Å²) in [6, 6.07) is 0.180. The predicted octanol–water partition coefficient (Wildman–Crippen LogP) is 2.02. The first-order valence-corrected chi connectivity index (χ1v) is 8.18. The molecule has 1 saturated heterocycles. The van der Waals surface area contributed by atoms with Crippen molar-refractivity contribution in [2.75, 3.05) is 25.1 Å². The van der Waals surface area contributed by atoms with Crippen LogP contribution in [0.1, 0.15) is 32.6 Å². The summed E-state index contributed by atoms with van der Waals surface area (Å²) in [6.45, 7) is 3.35. The molecule has 1 fully saturated rings. The van der Waals surface area contributed by atoms with Crippen molar-refractivity contribution in [1.29, 1.82) is 0 Å². The first-order chi connectivity index (χ1) is 9.02.